The minimum absolute atomic E-state index is 0.0405. The van der Waals surface area contributed by atoms with Gasteiger partial charge in [-0.2, -0.15) is 32.0 Å². The van der Waals surface area contributed by atoms with Gasteiger partial charge in [-0.3, -0.25) is 9.59 Å². The number of alkyl halides is 5. The summed E-state index contributed by atoms with van der Waals surface area (Å²) in [5.41, 5.74) is 5.94. The first-order chi connectivity index (χ1) is 31.1. The van der Waals surface area contributed by atoms with Crippen molar-refractivity contribution in [3.05, 3.63) is 118 Å². The number of piperazine rings is 1. The second-order valence-electron chi connectivity index (χ2n) is 17.6. The maximum absolute atomic E-state index is 16.2. The minimum Gasteiger partial charge on any atom is -0.368 e. The van der Waals surface area contributed by atoms with Crippen molar-refractivity contribution in [2.75, 3.05) is 36.0 Å². The fourth-order valence-corrected chi connectivity index (χ4v) is 11.4. The lowest BCUT2D eigenvalue weighted by Gasteiger charge is -2.34. The number of H-pyrrole nitrogens is 1. The predicted molar refractivity (Wildman–Crippen MR) is 225 cm³/mol. The largest absolute Gasteiger partial charge is 0.435 e. The number of primary amides is 1. The lowest BCUT2D eigenvalue weighted by Crippen LogP contribution is -2.46. The molecule has 1 unspecified atom stereocenters. The van der Waals surface area contributed by atoms with Gasteiger partial charge in [-0.05, 0) is 84.7 Å². The van der Waals surface area contributed by atoms with Gasteiger partial charge in [0.1, 0.15) is 23.4 Å². The molecule has 7 aromatic rings. The molecule has 4 aromatic heterocycles. The quantitative estimate of drug-likeness (QED) is 0.123. The van der Waals surface area contributed by atoms with E-state index in [1.807, 2.05) is 24.3 Å². The SMILES string of the molecule is NC(=O)C([C@H](Cc1cc(F)cc(F)c1)c1nc2nc(N3CCN(c4nc5ccccc5[nH]4)CC3)sc2cc1-c1ccc2c(c1)C(=O)NC21CC1)n1nc(C(F)(F)F)c2c1C(F)(F)[C@@H]1C[C@H]21. The lowest BCUT2D eigenvalue weighted by atomic mass is 9.84. The summed E-state index contributed by atoms with van der Waals surface area (Å²) in [7, 11) is 0. The van der Waals surface area contributed by atoms with E-state index in [2.05, 4.69) is 25.2 Å². The van der Waals surface area contributed by atoms with Gasteiger partial charge < -0.3 is 25.8 Å². The number of fused-ring (bicyclic) bond motifs is 7. The number of nitrogens with zero attached hydrogens (tertiary/aromatic N) is 7. The van der Waals surface area contributed by atoms with Crippen molar-refractivity contribution in [3.8, 4) is 11.1 Å². The molecular weight excluding hydrogens is 878 g/mol. The van der Waals surface area contributed by atoms with E-state index in [9.17, 15) is 31.5 Å². The van der Waals surface area contributed by atoms with E-state index in [1.54, 1.807) is 24.3 Å². The number of aromatic amines is 1. The van der Waals surface area contributed by atoms with Crippen LogP contribution in [-0.2, 0) is 28.9 Å². The number of para-hydroxylation sites is 2. The van der Waals surface area contributed by atoms with Crippen LogP contribution in [0.5, 0.6) is 0 Å². The molecule has 3 aromatic carbocycles. The van der Waals surface area contributed by atoms with Crippen LogP contribution in [0.15, 0.2) is 66.7 Å². The average Bonchev–Trinajstić information content (AvgIpc) is 3.98. The molecule has 0 radical (unpaired) electrons. The van der Waals surface area contributed by atoms with Crippen LogP contribution < -0.4 is 20.9 Å². The monoisotopic (exact) mass is 912 g/mol. The van der Waals surface area contributed by atoms with E-state index in [0.717, 1.165) is 47.5 Å². The van der Waals surface area contributed by atoms with Gasteiger partial charge in [0.15, 0.2) is 16.5 Å². The highest BCUT2D eigenvalue weighted by molar-refractivity contribution is 7.22. The summed E-state index contributed by atoms with van der Waals surface area (Å²) < 4.78 is 107. The van der Waals surface area contributed by atoms with E-state index < -0.39 is 82.3 Å². The molecule has 1 spiro atoms. The predicted octanol–water partition coefficient (Wildman–Crippen LogP) is 8.05. The number of anilines is 2. The van der Waals surface area contributed by atoms with Gasteiger partial charge in [0.25, 0.3) is 11.8 Å². The molecule has 4 N–H and O–H groups in total. The van der Waals surface area contributed by atoms with Crippen LogP contribution in [0.4, 0.5) is 41.8 Å². The van der Waals surface area contributed by atoms with Crippen molar-refractivity contribution in [2.45, 2.75) is 61.2 Å². The summed E-state index contributed by atoms with van der Waals surface area (Å²) >= 11 is 1.31. The summed E-state index contributed by atoms with van der Waals surface area (Å²) in [6.45, 7) is 2.26. The third kappa shape index (κ3) is 6.29. The van der Waals surface area contributed by atoms with E-state index in [4.69, 9.17) is 20.7 Å². The zero-order valence-electron chi connectivity index (χ0n) is 33.9. The number of nitrogens with two attached hydrogens (primary N) is 1. The minimum atomic E-state index is -5.17. The standard InChI is InChI=1S/C45H35F7N10O2S/c46-22-13-20(14-23(47)17-22)15-27(35(38(53)63)62-37-33(36(59-62)45(50,51)52)25-18-29(25)44(37,48)49)34-24(21-5-6-28-26(16-21)40(64)58-43(28)7-8-43)19-32-39(56-34)57-42(65-32)61-11-9-60(10-12-61)41-54-30-3-1-2-4-31(30)55-41/h1-6,13-14,16-17,19,25,27,29,35H,7-12,15,18H2,(H2,53,63)(H,54,55)(H,58,64)/t25-,27+,29+,35?/m0/s1. The Kier molecular flexibility index (Phi) is 8.44. The molecule has 6 heterocycles. The van der Waals surface area contributed by atoms with Gasteiger partial charge in [0, 0.05) is 60.8 Å². The van der Waals surface area contributed by atoms with Crippen molar-refractivity contribution in [2.24, 2.45) is 11.7 Å². The van der Waals surface area contributed by atoms with E-state index in [1.165, 1.54) is 11.3 Å². The summed E-state index contributed by atoms with van der Waals surface area (Å²) in [4.78, 5) is 49.5. The molecule has 1 saturated heterocycles. The van der Waals surface area contributed by atoms with Crippen LogP contribution >= 0.6 is 11.3 Å². The van der Waals surface area contributed by atoms with E-state index >= 15 is 8.78 Å². The normalized spacial score (nSPS) is 21.1. The maximum Gasteiger partial charge on any atom is 0.435 e. The second kappa shape index (κ2) is 13.7. The first kappa shape index (κ1) is 40.0. The molecule has 5 aliphatic rings. The van der Waals surface area contributed by atoms with Crippen LogP contribution in [0.2, 0.25) is 0 Å². The van der Waals surface area contributed by atoms with E-state index in [-0.39, 0.29) is 34.8 Å². The zero-order valence-corrected chi connectivity index (χ0v) is 34.7. The Bertz CT molecular complexity index is 3120. The number of hydrogen-bond donors (Lipinski definition) is 3. The smallest absolute Gasteiger partial charge is 0.368 e. The van der Waals surface area contributed by atoms with Crippen molar-refractivity contribution < 1.29 is 40.3 Å². The van der Waals surface area contributed by atoms with Gasteiger partial charge in [0.2, 0.25) is 11.9 Å². The summed E-state index contributed by atoms with van der Waals surface area (Å²) in [5, 5.41) is 7.35. The number of aromatic nitrogens is 6. The third-order valence-corrected chi connectivity index (χ3v) is 14.7. The molecule has 2 aliphatic heterocycles. The fourth-order valence-electron chi connectivity index (χ4n) is 10.4. The second-order valence-corrected chi connectivity index (χ2v) is 18.7. The molecule has 2 saturated carbocycles. The molecule has 3 fully saturated rings. The number of rotatable bonds is 9. The zero-order chi connectivity index (χ0) is 44.9. The Labute approximate surface area is 367 Å². The highest BCUT2D eigenvalue weighted by Crippen LogP contribution is 2.69. The third-order valence-electron chi connectivity index (χ3n) is 13.6. The number of halogens is 7. The van der Waals surface area contributed by atoms with Crippen LogP contribution in [0, 0.1) is 17.6 Å². The van der Waals surface area contributed by atoms with Gasteiger partial charge in [0.05, 0.1) is 27.0 Å². The number of thiazole rings is 1. The fraction of sp³-hybridized carbons (Fsp3) is 0.333. The molecule has 332 valence electrons. The first-order valence-corrected chi connectivity index (χ1v) is 21.9. The van der Waals surface area contributed by atoms with Crippen LogP contribution in [0.25, 0.3) is 32.5 Å². The summed E-state index contributed by atoms with van der Waals surface area (Å²) in [6, 6.07) is 15.1. The Balaban J connectivity index is 1.02. The molecule has 0 bridgehead atoms. The Morgan fingerprint density at radius 1 is 0.923 bits per heavy atom. The number of nitrogens with one attached hydrogen (secondary N) is 2. The number of benzene rings is 3. The highest BCUT2D eigenvalue weighted by atomic mass is 32.1. The van der Waals surface area contributed by atoms with Gasteiger partial charge in [-0.1, -0.05) is 35.6 Å². The Hall–Kier alpha value is -6.57. The van der Waals surface area contributed by atoms with Gasteiger partial charge >= 0.3 is 6.18 Å². The average molecular weight is 913 g/mol. The van der Waals surface area contributed by atoms with Crippen molar-refractivity contribution in [3.63, 3.8) is 0 Å². The van der Waals surface area contributed by atoms with Gasteiger partial charge in [-0.25, -0.2) is 23.4 Å². The van der Waals surface area contributed by atoms with Crippen LogP contribution in [0.1, 0.15) is 81.3 Å². The Morgan fingerprint density at radius 3 is 2.37 bits per heavy atom. The first-order valence-electron chi connectivity index (χ1n) is 21.1. The highest BCUT2D eigenvalue weighted by Gasteiger charge is 2.69. The van der Waals surface area contributed by atoms with Crippen LogP contribution in [0.3, 0.4) is 0 Å². The Morgan fingerprint density at radius 2 is 1.66 bits per heavy atom. The summed E-state index contributed by atoms with van der Waals surface area (Å²) in [5.74, 6) is -10.9. The molecule has 4 atom stereocenters. The van der Waals surface area contributed by atoms with Crippen molar-refractivity contribution in [1.82, 2.24) is 35.0 Å². The molecule has 2 amide bonds. The molecule has 65 heavy (non-hydrogen) atoms. The van der Waals surface area contributed by atoms with E-state index in [0.29, 0.717) is 57.9 Å². The summed E-state index contributed by atoms with van der Waals surface area (Å²) in [6.07, 6.45) is -4.40. The van der Waals surface area contributed by atoms with Gasteiger partial charge in [-0.15, -0.1) is 0 Å². The lowest BCUT2D eigenvalue weighted by molar-refractivity contribution is -0.142. The number of amides is 2. The number of hydrogen-bond acceptors (Lipinski definition) is 9. The van der Waals surface area contributed by atoms with Crippen molar-refractivity contribution in [1.29, 1.82) is 0 Å². The maximum atomic E-state index is 16.2. The molecular formula is C45H35F7N10O2S. The topological polar surface area (TPSA) is 151 Å². The van der Waals surface area contributed by atoms with Crippen LogP contribution in [-0.4, -0.2) is 67.7 Å². The van der Waals surface area contributed by atoms with Crippen molar-refractivity contribution >= 4 is 55.6 Å². The molecule has 20 heteroatoms. The number of imidazole rings is 1. The number of pyridine rings is 1. The molecule has 12 rings (SSSR count). The molecule has 3 aliphatic carbocycles. The molecule has 12 nitrogen and oxygen atoms in total. The number of carbonyl (C=O) groups is 2. The number of carbonyl (C=O) groups excluding carboxylic acids is 2.